The van der Waals surface area contributed by atoms with Gasteiger partial charge in [0.05, 0.1) is 16.7 Å². The first-order valence-electron chi connectivity index (χ1n) is 5.23. The highest BCUT2D eigenvalue weighted by Crippen LogP contribution is 2.26. The number of hydrogen-bond donors (Lipinski definition) is 2. The van der Waals surface area contributed by atoms with Crippen molar-refractivity contribution in [3.63, 3.8) is 0 Å². The Balaban J connectivity index is 3.15. The van der Waals surface area contributed by atoms with Gasteiger partial charge in [0.25, 0.3) is 0 Å². The Bertz CT molecular complexity index is 543. The minimum atomic E-state index is -3.77. The molecule has 0 heterocycles. The molecule has 1 aromatic carbocycles. The van der Waals surface area contributed by atoms with E-state index in [1.807, 2.05) is 0 Å². The Morgan fingerprint density at radius 1 is 1.44 bits per heavy atom. The summed E-state index contributed by atoms with van der Waals surface area (Å²) in [5.41, 5.74) is -0.977. The van der Waals surface area contributed by atoms with Crippen LogP contribution in [0.3, 0.4) is 0 Å². The number of halogens is 2. The Labute approximate surface area is 121 Å². The van der Waals surface area contributed by atoms with Crippen LogP contribution in [-0.2, 0) is 10.0 Å². The highest BCUT2D eigenvalue weighted by Gasteiger charge is 2.31. The van der Waals surface area contributed by atoms with Gasteiger partial charge in [-0.2, -0.15) is 0 Å². The number of hydrogen-bond acceptors (Lipinski definition) is 3. The van der Waals surface area contributed by atoms with Crippen LogP contribution in [0.1, 0.15) is 20.8 Å². The summed E-state index contributed by atoms with van der Waals surface area (Å²) in [4.78, 5) is -0.0129. The third kappa shape index (κ3) is 3.68. The van der Waals surface area contributed by atoms with Crippen molar-refractivity contribution < 1.29 is 13.5 Å². The predicted octanol–water partition coefficient (Wildman–Crippen LogP) is 2.54. The van der Waals surface area contributed by atoms with E-state index in [0.717, 1.165) is 0 Å². The zero-order chi connectivity index (χ0) is 14.1. The molecule has 0 radical (unpaired) electrons. The molecule has 0 aromatic heterocycles. The van der Waals surface area contributed by atoms with Crippen molar-refractivity contribution >= 4 is 37.6 Å². The summed E-state index contributed by atoms with van der Waals surface area (Å²) in [6.45, 7) is 4.72. The average molecular weight is 357 g/mol. The summed E-state index contributed by atoms with van der Waals surface area (Å²) < 4.78 is 27.5. The van der Waals surface area contributed by atoms with Crippen LogP contribution in [0.2, 0.25) is 5.02 Å². The Morgan fingerprint density at radius 3 is 2.44 bits per heavy atom. The van der Waals surface area contributed by atoms with Crippen LogP contribution in [0.15, 0.2) is 27.6 Å². The van der Waals surface area contributed by atoms with Gasteiger partial charge < -0.3 is 5.11 Å². The molecule has 0 saturated heterocycles. The summed E-state index contributed by atoms with van der Waals surface area (Å²) in [5.74, 6) is 0. The van der Waals surface area contributed by atoms with E-state index in [2.05, 4.69) is 20.7 Å². The molecule has 0 amide bonds. The van der Waals surface area contributed by atoms with E-state index >= 15 is 0 Å². The Hall–Kier alpha value is -0.140. The molecule has 0 bridgehead atoms. The molecule has 1 unspecified atom stereocenters. The van der Waals surface area contributed by atoms with E-state index < -0.39 is 21.7 Å². The van der Waals surface area contributed by atoms with Gasteiger partial charge in [0.1, 0.15) is 4.90 Å². The van der Waals surface area contributed by atoms with Gasteiger partial charge in [0.2, 0.25) is 10.0 Å². The van der Waals surface area contributed by atoms with E-state index in [9.17, 15) is 13.5 Å². The van der Waals surface area contributed by atoms with Crippen molar-refractivity contribution in [1.82, 2.24) is 4.72 Å². The molecule has 18 heavy (non-hydrogen) atoms. The molecule has 2 N–H and O–H groups in total. The van der Waals surface area contributed by atoms with Gasteiger partial charge in [-0.15, -0.1) is 0 Å². The number of rotatable bonds is 4. The highest BCUT2D eigenvalue weighted by molar-refractivity contribution is 9.10. The number of nitrogens with one attached hydrogen (secondary N) is 1. The summed E-state index contributed by atoms with van der Waals surface area (Å²) in [7, 11) is -3.77. The van der Waals surface area contributed by atoms with Gasteiger partial charge in [-0.3, -0.25) is 0 Å². The first-order valence-corrected chi connectivity index (χ1v) is 7.89. The Kier molecular flexibility index (Phi) is 4.83. The minimum Gasteiger partial charge on any atom is -0.391 e. The summed E-state index contributed by atoms with van der Waals surface area (Å²) in [5, 5.41) is 9.66. The van der Waals surface area contributed by atoms with Gasteiger partial charge >= 0.3 is 0 Å². The maximum Gasteiger partial charge on any atom is 0.242 e. The third-order valence-electron chi connectivity index (χ3n) is 2.63. The van der Waals surface area contributed by atoms with Crippen molar-refractivity contribution in [3.8, 4) is 0 Å². The maximum absolute atomic E-state index is 12.2. The van der Waals surface area contributed by atoms with E-state index in [4.69, 9.17) is 11.6 Å². The number of aliphatic hydroxyl groups excluding tert-OH is 1. The molecule has 4 nitrogen and oxygen atoms in total. The van der Waals surface area contributed by atoms with Crippen LogP contribution in [0.5, 0.6) is 0 Å². The van der Waals surface area contributed by atoms with Gasteiger partial charge in [-0.1, -0.05) is 27.5 Å². The van der Waals surface area contributed by atoms with Gasteiger partial charge in [0.15, 0.2) is 0 Å². The fourth-order valence-corrected chi connectivity index (χ4v) is 3.69. The van der Waals surface area contributed by atoms with Gasteiger partial charge in [-0.25, -0.2) is 13.1 Å². The fourth-order valence-electron chi connectivity index (χ4n) is 1.18. The van der Waals surface area contributed by atoms with Crippen LogP contribution in [0.4, 0.5) is 0 Å². The lowest BCUT2D eigenvalue weighted by Crippen LogP contribution is -2.50. The lowest BCUT2D eigenvalue weighted by molar-refractivity contribution is 0.111. The fraction of sp³-hybridized carbons (Fsp3) is 0.455. The minimum absolute atomic E-state index is 0.0129. The molecule has 0 aliphatic heterocycles. The van der Waals surface area contributed by atoms with E-state index in [-0.39, 0.29) is 9.92 Å². The predicted molar refractivity (Wildman–Crippen MR) is 75.2 cm³/mol. The van der Waals surface area contributed by atoms with Crippen molar-refractivity contribution in [2.45, 2.75) is 37.3 Å². The second kappa shape index (κ2) is 5.46. The zero-order valence-electron chi connectivity index (χ0n) is 10.2. The first-order chi connectivity index (χ1) is 8.06. The maximum atomic E-state index is 12.2. The summed E-state index contributed by atoms with van der Waals surface area (Å²) in [6.07, 6.45) is -0.832. The second-order valence-electron chi connectivity index (χ2n) is 4.58. The van der Waals surface area contributed by atoms with E-state index in [1.165, 1.54) is 19.1 Å². The third-order valence-corrected chi connectivity index (χ3v) is 5.27. The zero-order valence-corrected chi connectivity index (χ0v) is 13.4. The van der Waals surface area contributed by atoms with Crippen LogP contribution < -0.4 is 4.72 Å². The molecule has 1 atom stereocenters. The van der Waals surface area contributed by atoms with Crippen molar-refractivity contribution in [2.24, 2.45) is 0 Å². The second-order valence-corrected chi connectivity index (χ2v) is 7.55. The number of sulfonamides is 1. The standard InChI is InChI=1S/C11H15BrClNO3S/c1-7(15)11(2,3)14-18(16,17)10-5-4-8(12)6-9(10)13/h4-7,14-15H,1-3H3. The number of aliphatic hydroxyl groups is 1. The SMILES string of the molecule is CC(O)C(C)(C)NS(=O)(=O)c1ccc(Br)cc1Cl. The molecular formula is C11H15BrClNO3S. The molecule has 1 aromatic rings. The molecule has 0 spiro atoms. The number of benzene rings is 1. The molecule has 0 aliphatic carbocycles. The van der Waals surface area contributed by atoms with Crippen LogP contribution in [0, 0.1) is 0 Å². The van der Waals surface area contributed by atoms with Crippen molar-refractivity contribution in [1.29, 1.82) is 0 Å². The lowest BCUT2D eigenvalue weighted by atomic mass is 10.0. The van der Waals surface area contributed by atoms with E-state index in [0.29, 0.717) is 4.47 Å². The van der Waals surface area contributed by atoms with Crippen LogP contribution in [0.25, 0.3) is 0 Å². The van der Waals surface area contributed by atoms with Crippen LogP contribution in [-0.4, -0.2) is 25.2 Å². The lowest BCUT2D eigenvalue weighted by Gasteiger charge is -2.29. The highest BCUT2D eigenvalue weighted by atomic mass is 79.9. The topological polar surface area (TPSA) is 66.4 Å². The largest absolute Gasteiger partial charge is 0.391 e. The summed E-state index contributed by atoms with van der Waals surface area (Å²) in [6, 6.07) is 4.51. The molecule has 1 rings (SSSR count). The average Bonchev–Trinajstić information content (AvgIpc) is 2.14. The molecular weight excluding hydrogens is 342 g/mol. The Morgan fingerprint density at radius 2 is 2.00 bits per heavy atom. The van der Waals surface area contributed by atoms with Gasteiger partial charge in [0, 0.05) is 4.47 Å². The summed E-state index contributed by atoms with van der Waals surface area (Å²) >= 11 is 9.12. The smallest absolute Gasteiger partial charge is 0.242 e. The molecule has 102 valence electrons. The molecule has 0 aliphatic rings. The van der Waals surface area contributed by atoms with Crippen LogP contribution >= 0.6 is 27.5 Å². The van der Waals surface area contributed by atoms with Gasteiger partial charge in [-0.05, 0) is 39.0 Å². The quantitative estimate of drug-likeness (QED) is 0.871. The van der Waals surface area contributed by atoms with E-state index in [1.54, 1.807) is 19.9 Å². The molecule has 7 heteroatoms. The van der Waals surface area contributed by atoms with Crippen molar-refractivity contribution in [3.05, 3.63) is 27.7 Å². The normalized spacial score (nSPS) is 14.6. The molecule has 0 fully saturated rings. The monoisotopic (exact) mass is 355 g/mol. The van der Waals surface area contributed by atoms with Crippen molar-refractivity contribution in [2.75, 3.05) is 0 Å². The first kappa shape index (κ1) is 15.9. The molecule has 0 saturated carbocycles.